The molecule has 0 aliphatic carbocycles. The Labute approximate surface area is 101 Å². The lowest BCUT2D eigenvalue weighted by Crippen LogP contribution is -2.31. The Bertz CT molecular complexity index is 393. The molecule has 1 atom stereocenters. The highest BCUT2D eigenvalue weighted by atomic mass is 16.5. The number of hydrogen-bond acceptors (Lipinski definition) is 4. The zero-order valence-electron chi connectivity index (χ0n) is 10.1. The van der Waals surface area contributed by atoms with Gasteiger partial charge in [-0.2, -0.15) is 0 Å². The second-order valence-electron chi connectivity index (χ2n) is 3.65. The van der Waals surface area contributed by atoms with Crippen LogP contribution in [0.5, 0.6) is 11.5 Å². The van der Waals surface area contributed by atoms with Crippen LogP contribution in [-0.4, -0.2) is 25.7 Å². The van der Waals surface area contributed by atoms with Crippen molar-refractivity contribution in [3.63, 3.8) is 0 Å². The van der Waals surface area contributed by atoms with E-state index >= 15 is 0 Å². The van der Waals surface area contributed by atoms with Crippen molar-refractivity contribution in [1.29, 1.82) is 0 Å². The van der Waals surface area contributed by atoms with Gasteiger partial charge in [-0.1, -0.05) is 12.1 Å². The number of primary amides is 1. The van der Waals surface area contributed by atoms with Gasteiger partial charge >= 0.3 is 0 Å². The molecular weight excluding hydrogens is 220 g/mol. The first-order valence-electron chi connectivity index (χ1n) is 5.42. The van der Waals surface area contributed by atoms with Crippen LogP contribution in [0.3, 0.4) is 0 Å². The summed E-state index contributed by atoms with van der Waals surface area (Å²) in [7, 11) is 1.54. The third-order valence-corrected chi connectivity index (χ3v) is 2.39. The summed E-state index contributed by atoms with van der Waals surface area (Å²) in [5.41, 5.74) is 11.6. The zero-order valence-corrected chi connectivity index (χ0v) is 10.1. The number of nitrogens with two attached hydrogens (primary N) is 2. The lowest BCUT2D eigenvalue weighted by molar-refractivity contribution is -0.124. The second-order valence-corrected chi connectivity index (χ2v) is 3.65. The topological polar surface area (TPSA) is 87.6 Å². The highest BCUT2D eigenvalue weighted by Gasteiger charge is 2.16. The van der Waals surface area contributed by atoms with E-state index in [-0.39, 0.29) is 0 Å². The Morgan fingerprint density at radius 2 is 2.18 bits per heavy atom. The number of rotatable bonds is 6. The van der Waals surface area contributed by atoms with E-state index < -0.39 is 12.0 Å². The predicted molar refractivity (Wildman–Crippen MR) is 65.0 cm³/mol. The fraction of sp³-hybridized carbons (Fsp3) is 0.417. The summed E-state index contributed by atoms with van der Waals surface area (Å²) in [6, 6.07) is 5.51. The molecule has 94 valence electrons. The third-order valence-electron chi connectivity index (χ3n) is 2.39. The Hall–Kier alpha value is -1.75. The number of carbonyl (C=O) groups excluding carboxylic acids is 1. The molecule has 0 saturated carbocycles. The third kappa shape index (κ3) is 3.35. The molecule has 1 amide bonds. The van der Waals surface area contributed by atoms with Crippen molar-refractivity contribution in [3.05, 3.63) is 23.8 Å². The average molecular weight is 238 g/mol. The molecule has 0 aromatic heterocycles. The maximum absolute atomic E-state index is 11.0. The van der Waals surface area contributed by atoms with Gasteiger partial charge in [0.25, 0.3) is 5.91 Å². The summed E-state index contributed by atoms with van der Waals surface area (Å²) in [4.78, 5) is 11.0. The van der Waals surface area contributed by atoms with Crippen molar-refractivity contribution in [2.24, 2.45) is 11.5 Å². The van der Waals surface area contributed by atoms with E-state index in [1.54, 1.807) is 20.1 Å². The molecule has 0 aliphatic rings. The first kappa shape index (κ1) is 13.3. The van der Waals surface area contributed by atoms with Gasteiger partial charge in [0, 0.05) is 0 Å². The number of benzene rings is 1. The van der Waals surface area contributed by atoms with Crippen molar-refractivity contribution >= 4 is 5.91 Å². The van der Waals surface area contributed by atoms with Crippen molar-refractivity contribution in [2.45, 2.75) is 19.4 Å². The van der Waals surface area contributed by atoms with Gasteiger partial charge in [0.1, 0.15) is 0 Å². The van der Waals surface area contributed by atoms with Crippen LogP contribution < -0.4 is 20.9 Å². The summed E-state index contributed by atoms with van der Waals surface area (Å²) >= 11 is 0. The molecule has 0 spiro atoms. The molecule has 0 bridgehead atoms. The largest absolute Gasteiger partial charge is 0.493 e. The van der Waals surface area contributed by atoms with Crippen LogP contribution >= 0.6 is 0 Å². The monoisotopic (exact) mass is 238 g/mol. The summed E-state index contributed by atoms with van der Waals surface area (Å²) in [6.07, 6.45) is -0.0549. The number of ether oxygens (including phenoxy) is 2. The lowest BCUT2D eigenvalue weighted by atomic mass is 10.1. The zero-order chi connectivity index (χ0) is 12.8. The molecular formula is C12H18N2O3. The lowest BCUT2D eigenvalue weighted by Gasteiger charge is -2.17. The van der Waals surface area contributed by atoms with E-state index in [4.69, 9.17) is 20.9 Å². The minimum absolute atomic E-state index is 0.495. The average Bonchev–Trinajstić information content (AvgIpc) is 2.31. The van der Waals surface area contributed by atoms with E-state index in [9.17, 15) is 4.79 Å². The number of para-hydroxylation sites is 1. The number of methoxy groups -OCH3 is 1. The molecule has 0 fully saturated rings. The van der Waals surface area contributed by atoms with Gasteiger partial charge in [-0.05, 0) is 31.5 Å². The van der Waals surface area contributed by atoms with Crippen LogP contribution in [-0.2, 0) is 11.2 Å². The van der Waals surface area contributed by atoms with E-state index in [1.165, 1.54) is 0 Å². The summed E-state index contributed by atoms with van der Waals surface area (Å²) in [5, 5.41) is 0. The first-order chi connectivity index (χ1) is 8.10. The highest BCUT2D eigenvalue weighted by Crippen LogP contribution is 2.32. The maximum Gasteiger partial charge on any atom is 0.258 e. The molecule has 0 radical (unpaired) electrons. The Balaban J connectivity index is 3.03. The summed E-state index contributed by atoms with van der Waals surface area (Å²) in [5.74, 6) is 0.588. The molecule has 17 heavy (non-hydrogen) atoms. The Morgan fingerprint density at radius 1 is 1.47 bits per heavy atom. The van der Waals surface area contributed by atoms with E-state index in [0.717, 1.165) is 5.56 Å². The molecule has 0 saturated heterocycles. The van der Waals surface area contributed by atoms with Crippen LogP contribution in [0.1, 0.15) is 12.5 Å². The van der Waals surface area contributed by atoms with E-state index in [0.29, 0.717) is 24.5 Å². The van der Waals surface area contributed by atoms with Crippen molar-refractivity contribution < 1.29 is 14.3 Å². The van der Waals surface area contributed by atoms with Gasteiger partial charge in [0.2, 0.25) is 0 Å². The van der Waals surface area contributed by atoms with Crippen molar-refractivity contribution in [2.75, 3.05) is 13.7 Å². The molecule has 1 aromatic carbocycles. The molecule has 5 nitrogen and oxygen atoms in total. The summed E-state index contributed by atoms with van der Waals surface area (Å²) < 4.78 is 10.7. The number of carbonyl (C=O) groups is 1. The molecule has 4 N–H and O–H groups in total. The Kier molecular flexibility index (Phi) is 4.78. The van der Waals surface area contributed by atoms with Crippen molar-refractivity contribution in [1.82, 2.24) is 0 Å². The standard InChI is InChI=1S/C12H18N2O3/c1-8(12(14)15)17-11-9(6-7-13)4-3-5-10(11)16-2/h3-5,8H,6-7,13H2,1-2H3,(H2,14,15). The molecule has 0 aliphatic heterocycles. The molecule has 5 heteroatoms. The van der Waals surface area contributed by atoms with E-state index in [2.05, 4.69) is 0 Å². The predicted octanol–water partition coefficient (Wildman–Crippen LogP) is 0.449. The molecule has 1 unspecified atom stereocenters. The first-order valence-corrected chi connectivity index (χ1v) is 5.42. The smallest absolute Gasteiger partial charge is 0.258 e. The van der Waals surface area contributed by atoms with Crippen LogP contribution in [0.2, 0.25) is 0 Å². The molecule has 1 rings (SSSR count). The summed E-state index contributed by atoms with van der Waals surface area (Å²) in [6.45, 7) is 2.09. The molecule has 0 heterocycles. The minimum atomic E-state index is -0.706. The quantitative estimate of drug-likeness (QED) is 0.753. The van der Waals surface area contributed by atoms with Crippen LogP contribution in [0, 0.1) is 0 Å². The molecule has 1 aromatic rings. The van der Waals surface area contributed by atoms with Crippen LogP contribution in [0.15, 0.2) is 18.2 Å². The fourth-order valence-corrected chi connectivity index (χ4v) is 1.44. The normalized spacial score (nSPS) is 11.9. The van der Waals surface area contributed by atoms with Gasteiger partial charge < -0.3 is 20.9 Å². The van der Waals surface area contributed by atoms with Gasteiger partial charge in [0.05, 0.1) is 7.11 Å². The van der Waals surface area contributed by atoms with Gasteiger partial charge in [-0.25, -0.2) is 0 Å². The minimum Gasteiger partial charge on any atom is -0.493 e. The highest BCUT2D eigenvalue weighted by molar-refractivity contribution is 5.78. The maximum atomic E-state index is 11.0. The number of amides is 1. The SMILES string of the molecule is COc1cccc(CCN)c1OC(C)C(N)=O. The van der Waals surface area contributed by atoms with Crippen LogP contribution in [0.25, 0.3) is 0 Å². The van der Waals surface area contributed by atoms with Gasteiger partial charge in [-0.15, -0.1) is 0 Å². The van der Waals surface area contributed by atoms with Crippen LogP contribution in [0.4, 0.5) is 0 Å². The second kappa shape index (κ2) is 6.10. The van der Waals surface area contributed by atoms with Gasteiger partial charge in [-0.3, -0.25) is 4.79 Å². The Morgan fingerprint density at radius 3 is 2.71 bits per heavy atom. The fourth-order valence-electron chi connectivity index (χ4n) is 1.44. The number of hydrogen-bond donors (Lipinski definition) is 2. The van der Waals surface area contributed by atoms with Gasteiger partial charge in [0.15, 0.2) is 17.6 Å². The van der Waals surface area contributed by atoms with E-state index in [1.807, 2.05) is 12.1 Å². The van der Waals surface area contributed by atoms with Crippen molar-refractivity contribution in [3.8, 4) is 11.5 Å².